The van der Waals surface area contributed by atoms with E-state index in [1.807, 2.05) is 24.3 Å². The first-order chi connectivity index (χ1) is 8.10. The predicted octanol–water partition coefficient (Wildman–Crippen LogP) is 2.34. The number of nitrogens with two attached hydrogens (primary N) is 1. The maximum absolute atomic E-state index is 12.0. The second-order valence-corrected chi connectivity index (χ2v) is 5.59. The lowest BCUT2D eigenvalue weighted by Crippen LogP contribution is -2.51. The van der Waals surface area contributed by atoms with E-state index in [1.54, 1.807) is 0 Å². The quantitative estimate of drug-likeness (QED) is 0.899. The summed E-state index contributed by atoms with van der Waals surface area (Å²) in [6, 6.07) is 7.91. The third-order valence-electron chi connectivity index (χ3n) is 3.29. The van der Waals surface area contributed by atoms with Gasteiger partial charge in [0.2, 0.25) is 5.91 Å². The molecule has 0 heterocycles. The molecule has 1 fully saturated rings. The van der Waals surface area contributed by atoms with Gasteiger partial charge >= 0.3 is 0 Å². The molecular weight excluding hydrogens is 280 g/mol. The fraction of sp³-hybridized carbons (Fsp3) is 0.462. The largest absolute Gasteiger partial charge is 0.350 e. The summed E-state index contributed by atoms with van der Waals surface area (Å²) in [6.07, 6.45) is 3.72. The second-order valence-electron chi connectivity index (χ2n) is 4.68. The van der Waals surface area contributed by atoms with Crippen molar-refractivity contribution in [1.82, 2.24) is 5.32 Å². The zero-order chi connectivity index (χ0) is 12.3. The lowest BCUT2D eigenvalue weighted by molar-refractivity contribution is -0.126. The van der Waals surface area contributed by atoms with Crippen molar-refractivity contribution in [1.29, 1.82) is 0 Å². The smallest absolute Gasteiger partial charge is 0.240 e. The van der Waals surface area contributed by atoms with E-state index in [4.69, 9.17) is 5.73 Å². The molecule has 1 aromatic carbocycles. The molecule has 1 amide bonds. The molecule has 0 aromatic heterocycles. The number of hydrogen-bond acceptors (Lipinski definition) is 2. The van der Waals surface area contributed by atoms with Gasteiger partial charge in [0.1, 0.15) is 0 Å². The van der Waals surface area contributed by atoms with Crippen LogP contribution in [0.3, 0.4) is 0 Å². The van der Waals surface area contributed by atoms with Crippen LogP contribution in [0.1, 0.15) is 31.2 Å². The normalized spacial score (nSPS) is 18.0. The Morgan fingerprint density at radius 1 is 1.41 bits per heavy atom. The maximum Gasteiger partial charge on any atom is 0.240 e. The van der Waals surface area contributed by atoms with E-state index in [1.165, 1.54) is 0 Å². The highest BCUT2D eigenvalue weighted by molar-refractivity contribution is 9.10. The Morgan fingerprint density at radius 3 is 2.76 bits per heavy atom. The van der Waals surface area contributed by atoms with Crippen LogP contribution in [0.15, 0.2) is 28.7 Å². The summed E-state index contributed by atoms with van der Waals surface area (Å²) in [7, 11) is 0. The van der Waals surface area contributed by atoms with E-state index in [9.17, 15) is 4.79 Å². The van der Waals surface area contributed by atoms with Gasteiger partial charge in [0.05, 0.1) is 5.54 Å². The van der Waals surface area contributed by atoms with Gasteiger partial charge in [0.25, 0.3) is 0 Å². The minimum atomic E-state index is -0.633. The summed E-state index contributed by atoms with van der Waals surface area (Å²) < 4.78 is 1.02. The molecule has 0 radical (unpaired) electrons. The summed E-state index contributed by atoms with van der Waals surface area (Å²) in [6.45, 7) is 0.539. The summed E-state index contributed by atoms with van der Waals surface area (Å²) in [4.78, 5) is 12.0. The van der Waals surface area contributed by atoms with Crippen molar-refractivity contribution in [3.8, 4) is 0 Å². The minimum Gasteiger partial charge on any atom is -0.350 e. The molecule has 0 unspecified atom stereocenters. The Bertz CT molecular complexity index is 414. The third kappa shape index (κ3) is 3.07. The number of amides is 1. The van der Waals surface area contributed by atoms with Crippen molar-refractivity contribution in [2.75, 3.05) is 0 Å². The highest BCUT2D eigenvalue weighted by Gasteiger charge is 2.36. The first-order valence-corrected chi connectivity index (χ1v) is 6.71. The number of nitrogens with one attached hydrogen (secondary N) is 1. The molecule has 2 rings (SSSR count). The van der Waals surface area contributed by atoms with Crippen LogP contribution in [0, 0.1) is 0 Å². The number of benzene rings is 1. The number of rotatable bonds is 3. The number of carbonyl (C=O) groups is 1. The lowest BCUT2D eigenvalue weighted by Gasteiger charge is -2.22. The molecule has 3 nitrogen and oxygen atoms in total. The molecular formula is C13H17BrN2O. The molecule has 3 N–H and O–H groups in total. The molecule has 92 valence electrons. The van der Waals surface area contributed by atoms with Gasteiger partial charge in [-0.25, -0.2) is 0 Å². The third-order valence-corrected chi connectivity index (χ3v) is 3.78. The highest BCUT2D eigenvalue weighted by atomic mass is 79.9. The molecule has 17 heavy (non-hydrogen) atoms. The fourth-order valence-electron chi connectivity index (χ4n) is 2.24. The summed E-state index contributed by atoms with van der Waals surface area (Å²) in [5.74, 6) is -0.0185. The zero-order valence-corrected chi connectivity index (χ0v) is 11.3. The van der Waals surface area contributed by atoms with Crippen molar-refractivity contribution < 1.29 is 4.79 Å². The molecule has 0 aliphatic heterocycles. The van der Waals surface area contributed by atoms with E-state index in [0.29, 0.717) is 6.54 Å². The summed E-state index contributed by atoms with van der Waals surface area (Å²) in [5, 5.41) is 2.92. The van der Waals surface area contributed by atoms with Gasteiger partial charge < -0.3 is 11.1 Å². The molecule has 4 heteroatoms. The molecule has 1 aliphatic rings. The van der Waals surface area contributed by atoms with E-state index in [0.717, 1.165) is 35.7 Å². The molecule has 1 aliphatic carbocycles. The lowest BCUT2D eigenvalue weighted by atomic mass is 9.98. The Balaban J connectivity index is 1.92. The average molecular weight is 297 g/mol. The molecule has 1 saturated carbocycles. The van der Waals surface area contributed by atoms with Crippen LogP contribution in [0.4, 0.5) is 0 Å². The van der Waals surface area contributed by atoms with Crippen LogP contribution in [0.5, 0.6) is 0 Å². The van der Waals surface area contributed by atoms with Crippen molar-refractivity contribution in [3.63, 3.8) is 0 Å². The van der Waals surface area contributed by atoms with E-state index in [2.05, 4.69) is 21.2 Å². The Kier molecular flexibility index (Phi) is 3.84. The van der Waals surface area contributed by atoms with Crippen LogP contribution in [-0.4, -0.2) is 11.4 Å². The van der Waals surface area contributed by atoms with Crippen molar-refractivity contribution in [3.05, 3.63) is 34.3 Å². The first kappa shape index (κ1) is 12.6. The minimum absolute atomic E-state index is 0.0185. The maximum atomic E-state index is 12.0. The predicted molar refractivity (Wildman–Crippen MR) is 71.4 cm³/mol. The Morgan fingerprint density at radius 2 is 2.12 bits per heavy atom. The van der Waals surface area contributed by atoms with Gasteiger partial charge in [-0.2, -0.15) is 0 Å². The average Bonchev–Trinajstić information content (AvgIpc) is 2.74. The highest BCUT2D eigenvalue weighted by Crippen LogP contribution is 2.27. The van der Waals surface area contributed by atoms with E-state index >= 15 is 0 Å². The van der Waals surface area contributed by atoms with E-state index in [-0.39, 0.29) is 5.91 Å². The standard InChI is InChI=1S/C13H17BrN2O/c14-11-5-3-4-10(8-11)9-16-12(17)13(15)6-1-2-7-13/h3-5,8H,1-2,6-7,9,15H2,(H,16,17). The van der Waals surface area contributed by atoms with E-state index < -0.39 is 5.54 Å². The summed E-state index contributed by atoms with van der Waals surface area (Å²) >= 11 is 3.41. The Hall–Kier alpha value is -0.870. The SMILES string of the molecule is NC1(C(=O)NCc2cccc(Br)c2)CCCC1. The second kappa shape index (κ2) is 5.19. The van der Waals surface area contributed by atoms with Gasteiger partial charge in [-0.05, 0) is 30.5 Å². The van der Waals surface area contributed by atoms with Crippen LogP contribution in [0.2, 0.25) is 0 Å². The summed E-state index contributed by atoms with van der Waals surface area (Å²) in [5.41, 5.74) is 6.52. The molecule has 0 bridgehead atoms. The molecule has 1 aromatic rings. The molecule has 0 atom stereocenters. The van der Waals surface area contributed by atoms with Crippen LogP contribution in [0.25, 0.3) is 0 Å². The zero-order valence-electron chi connectivity index (χ0n) is 9.71. The number of hydrogen-bond donors (Lipinski definition) is 2. The number of carbonyl (C=O) groups excluding carboxylic acids is 1. The van der Waals surface area contributed by atoms with Gasteiger partial charge in [-0.15, -0.1) is 0 Å². The van der Waals surface area contributed by atoms with Gasteiger partial charge in [0, 0.05) is 11.0 Å². The van der Waals surface area contributed by atoms with Crippen molar-refractivity contribution in [2.45, 2.75) is 37.8 Å². The van der Waals surface area contributed by atoms with Crippen LogP contribution >= 0.6 is 15.9 Å². The van der Waals surface area contributed by atoms with Crippen LogP contribution in [-0.2, 0) is 11.3 Å². The van der Waals surface area contributed by atoms with Gasteiger partial charge in [-0.3, -0.25) is 4.79 Å². The topological polar surface area (TPSA) is 55.1 Å². The monoisotopic (exact) mass is 296 g/mol. The van der Waals surface area contributed by atoms with Gasteiger partial charge in [-0.1, -0.05) is 40.9 Å². The van der Waals surface area contributed by atoms with Crippen LogP contribution < -0.4 is 11.1 Å². The number of halogens is 1. The molecule has 0 spiro atoms. The van der Waals surface area contributed by atoms with Gasteiger partial charge in [0.15, 0.2) is 0 Å². The fourth-order valence-corrected chi connectivity index (χ4v) is 2.68. The van der Waals surface area contributed by atoms with Crippen molar-refractivity contribution >= 4 is 21.8 Å². The Labute approximate surface area is 110 Å². The molecule has 0 saturated heterocycles. The van der Waals surface area contributed by atoms with Crippen molar-refractivity contribution in [2.24, 2.45) is 5.73 Å². The first-order valence-electron chi connectivity index (χ1n) is 5.92.